The molecule has 1 aliphatic rings. The number of nitrogens with zero attached hydrogens (tertiary/aromatic N) is 4. The average Bonchev–Trinajstić information content (AvgIpc) is 2.89. The first-order chi connectivity index (χ1) is 11.0. The summed E-state index contributed by atoms with van der Waals surface area (Å²) in [7, 11) is 0. The van der Waals surface area contributed by atoms with Gasteiger partial charge in [-0.3, -0.25) is 0 Å². The molecule has 2 atom stereocenters. The highest BCUT2D eigenvalue weighted by Gasteiger charge is 2.25. The van der Waals surface area contributed by atoms with Crippen molar-refractivity contribution in [1.82, 2.24) is 9.36 Å². The Labute approximate surface area is 140 Å². The van der Waals surface area contributed by atoms with Gasteiger partial charge < -0.3 is 9.64 Å². The average molecular weight is 328 g/mol. The maximum Gasteiger partial charge on any atom is 0.130 e. The van der Waals surface area contributed by atoms with Crippen molar-refractivity contribution < 1.29 is 4.74 Å². The zero-order valence-electron chi connectivity index (χ0n) is 13.7. The second-order valence-corrected chi connectivity index (χ2v) is 6.81. The van der Waals surface area contributed by atoms with Crippen molar-refractivity contribution >= 4 is 27.6 Å². The molecule has 2 aromatic rings. The smallest absolute Gasteiger partial charge is 0.130 e. The summed E-state index contributed by atoms with van der Waals surface area (Å²) in [5.41, 5.74) is 3.60. The first-order valence-electron chi connectivity index (χ1n) is 7.69. The van der Waals surface area contributed by atoms with Gasteiger partial charge in [-0.2, -0.15) is 9.64 Å². The van der Waals surface area contributed by atoms with Gasteiger partial charge in [0.15, 0.2) is 0 Å². The monoisotopic (exact) mass is 328 g/mol. The summed E-state index contributed by atoms with van der Waals surface area (Å²) in [4.78, 5) is 7.07. The van der Waals surface area contributed by atoms with Gasteiger partial charge >= 0.3 is 0 Å². The molecule has 3 heterocycles. The molecule has 0 saturated carbocycles. The molecule has 0 bridgehead atoms. The molecule has 0 spiro atoms. The van der Waals surface area contributed by atoms with E-state index in [1.165, 1.54) is 11.5 Å². The van der Waals surface area contributed by atoms with E-state index >= 15 is 0 Å². The Morgan fingerprint density at radius 3 is 3.04 bits per heavy atom. The van der Waals surface area contributed by atoms with E-state index in [1.54, 1.807) is 0 Å². The lowest BCUT2D eigenvalue weighted by molar-refractivity contribution is 0.0985. The fourth-order valence-corrected chi connectivity index (χ4v) is 3.79. The number of morpholine rings is 1. The van der Waals surface area contributed by atoms with Gasteiger partial charge in [-0.1, -0.05) is 12.2 Å². The predicted molar refractivity (Wildman–Crippen MR) is 92.9 cm³/mol. The standard InChI is InChI=1S/C17H20N4OS/c1-10(2)14(8-18)13-7-15(21-5-6-22-9-11(21)3)19-16-12(4)20-23-17(13)16/h7,11,14H,1,5-6,9H2,2-4H3. The van der Waals surface area contributed by atoms with Crippen molar-refractivity contribution in [2.45, 2.75) is 32.7 Å². The molecular weight excluding hydrogens is 308 g/mol. The summed E-state index contributed by atoms with van der Waals surface area (Å²) in [5, 5.41) is 9.59. The molecule has 0 aromatic carbocycles. The molecular formula is C17H20N4OS. The number of fused-ring (bicyclic) bond motifs is 1. The Hall–Kier alpha value is -1.97. The highest BCUT2D eigenvalue weighted by Crippen LogP contribution is 2.35. The van der Waals surface area contributed by atoms with E-state index in [1.807, 2.05) is 19.9 Å². The van der Waals surface area contributed by atoms with Gasteiger partial charge in [-0.25, -0.2) is 4.98 Å². The van der Waals surface area contributed by atoms with Crippen LogP contribution < -0.4 is 4.90 Å². The van der Waals surface area contributed by atoms with Crippen molar-refractivity contribution in [2.24, 2.45) is 0 Å². The molecule has 2 aromatic heterocycles. The number of ether oxygens (including phenoxy) is 1. The molecule has 3 rings (SSSR count). The maximum absolute atomic E-state index is 9.59. The first-order valence-corrected chi connectivity index (χ1v) is 8.46. The van der Waals surface area contributed by atoms with Crippen LogP contribution in [0.2, 0.25) is 0 Å². The van der Waals surface area contributed by atoms with E-state index in [-0.39, 0.29) is 12.0 Å². The number of rotatable bonds is 3. The van der Waals surface area contributed by atoms with Gasteiger partial charge in [-0.15, -0.1) is 0 Å². The molecule has 120 valence electrons. The van der Waals surface area contributed by atoms with Crippen LogP contribution in [0.15, 0.2) is 18.2 Å². The SMILES string of the molecule is C=C(C)C(C#N)c1cc(N2CCOCC2C)nc2c(C)nsc12. The highest BCUT2D eigenvalue weighted by molar-refractivity contribution is 7.13. The predicted octanol–water partition coefficient (Wildman–Crippen LogP) is 3.41. The number of hydrogen-bond donors (Lipinski definition) is 0. The van der Waals surface area contributed by atoms with Crippen LogP contribution in [0.5, 0.6) is 0 Å². The number of hydrogen-bond acceptors (Lipinski definition) is 6. The number of nitriles is 1. The van der Waals surface area contributed by atoms with Gasteiger partial charge in [0.1, 0.15) is 11.3 Å². The van der Waals surface area contributed by atoms with Crippen molar-refractivity contribution in [3.63, 3.8) is 0 Å². The third-order valence-corrected chi connectivity index (χ3v) is 5.18. The summed E-state index contributed by atoms with van der Waals surface area (Å²) in [5.74, 6) is 0.559. The lowest BCUT2D eigenvalue weighted by Gasteiger charge is -2.34. The van der Waals surface area contributed by atoms with Crippen LogP contribution in [0.4, 0.5) is 5.82 Å². The summed E-state index contributed by atoms with van der Waals surface area (Å²) in [6.07, 6.45) is 0. The van der Waals surface area contributed by atoms with Crippen LogP contribution in [0.1, 0.15) is 31.0 Å². The minimum absolute atomic E-state index is 0.263. The third kappa shape index (κ3) is 2.82. The highest BCUT2D eigenvalue weighted by atomic mass is 32.1. The van der Waals surface area contributed by atoms with Gasteiger partial charge in [0.05, 0.1) is 41.6 Å². The number of aryl methyl sites for hydroxylation is 1. The quantitative estimate of drug-likeness (QED) is 0.808. The number of aromatic nitrogens is 2. The Balaban J connectivity index is 2.18. The molecule has 1 aliphatic heterocycles. The van der Waals surface area contributed by atoms with Gasteiger partial charge in [0.2, 0.25) is 0 Å². The Morgan fingerprint density at radius 2 is 2.39 bits per heavy atom. The fourth-order valence-electron chi connectivity index (χ4n) is 2.91. The molecule has 6 heteroatoms. The largest absolute Gasteiger partial charge is 0.377 e. The molecule has 0 N–H and O–H groups in total. The molecule has 1 saturated heterocycles. The van der Waals surface area contributed by atoms with Crippen LogP contribution in [0, 0.1) is 18.3 Å². The lowest BCUT2D eigenvalue weighted by Crippen LogP contribution is -2.44. The van der Waals surface area contributed by atoms with Crippen LogP contribution >= 0.6 is 11.5 Å². The van der Waals surface area contributed by atoms with Crippen molar-refractivity contribution in [2.75, 3.05) is 24.7 Å². The van der Waals surface area contributed by atoms with Gasteiger partial charge in [0.25, 0.3) is 0 Å². The zero-order chi connectivity index (χ0) is 16.6. The Kier molecular flexibility index (Phi) is 4.33. The summed E-state index contributed by atoms with van der Waals surface area (Å²) in [6, 6.07) is 4.66. The summed E-state index contributed by atoms with van der Waals surface area (Å²) >= 11 is 1.41. The normalized spacial score (nSPS) is 19.6. The van der Waals surface area contributed by atoms with Crippen LogP contribution in [0.3, 0.4) is 0 Å². The van der Waals surface area contributed by atoms with Crippen LogP contribution in [-0.4, -0.2) is 35.2 Å². The second-order valence-electron chi connectivity index (χ2n) is 6.04. The minimum atomic E-state index is -0.338. The fraction of sp³-hybridized carbons (Fsp3) is 0.471. The number of anilines is 1. The number of allylic oxidation sites excluding steroid dienone is 1. The van der Waals surface area contributed by atoms with Gasteiger partial charge in [-0.05, 0) is 43.9 Å². The Morgan fingerprint density at radius 1 is 1.61 bits per heavy atom. The van der Waals surface area contributed by atoms with Crippen molar-refractivity contribution in [3.8, 4) is 6.07 Å². The van der Waals surface area contributed by atoms with Crippen LogP contribution in [0.25, 0.3) is 10.2 Å². The summed E-state index contributed by atoms with van der Waals surface area (Å²) in [6.45, 7) is 12.2. The second kappa shape index (κ2) is 6.26. The molecule has 0 aliphatic carbocycles. The van der Waals surface area contributed by atoms with Gasteiger partial charge in [0, 0.05) is 6.54 Å². The van der Waals surface area contributed by atoms with Crippen LogP contribution in [-0.2, 0) is 4.74 Å². The van der Waals surface area contributed by atoms with E-state index in [0.29, 0.717) is 13.2 Å². The third-order valence-electron chi connectivity index (χ3n) is 4.20. The first kappa shape index (κ1) is 15.9. The molecule has 23 heavy (non-hydrogen) atoms. The molecule has 5 nitrogen and oxygen atoms in total. The topological polar surface area (TPSA) is 62.0 Å². The number of pyridine rings is 1. The lowest BCUT2D eigenvalue weighted by atomic mass is 9.94. The van der Waals surface area contributed by atoms with E-state index < -0.39 is 0 Å². The molecule has 1 fully saturated rings. The van der Waals surface area contributed by atoms with E-state index in [2.05, 4.69) is 28.8 Å². The Bertz CT molecular complexity index is 792. The van der Waals surface area contributed by atoms with Crippen molar-refractivity contribution in [1.29, 1.82) is 5.26 Å². The molecule has 0 radical (unpaired) electrons. The van der Waals surface area contributed by atoms with E-state index in [0.717, 1.165) is 39.4 Å². The van der Waals surface area contributed by atoms with E-state index in [9.17, 15) is 5.26 Å². The minimum Gasteiger partial charge on any atom is -0.377 e. The van der Waals surface area contributed by atoms with Crippen molar-refractivity contribution in [3.05, 3.63) is 29.5 Å². The zero-order valence-corrected chi connectivity index (χ0v) is 14.5. The molecule has 2 unspecified atom stereocenters. The molecule has 0 amide bonds. The maximum atomic E-state index is 9.59. The van der Waals surface area contributed by atoms with E-state index in [4.69, 9.17) is 9.72 Å². The summed E-state index contributed by atoms with van der Waals surface area (Å²) < 4.78 is 10.9.